The summed E-state index contributed by atoms with van der Waals surface area (Å²) in [5.41, 5.74) is -3.44. The number of nitriles is 3. The Morgan fingerprint density at radius 1 is 1.11 bits per heavy atom. The molecule has 2 aliphatic heterocycles. The molecule has 1 aromatic rings. The molecule has 2 saturated heterocycles. The van der Waals surface area contributed by atoms with Gasteiger partial charge in [0, 0.05) is 12.5 Å². The summed E-state index contributed by atoms with van der Waals surface area (Å²) in [6, 6.07) is 11.0. The number of hydrogen-bond acceptors (Lipinski definition) is 8. The third-order valence-electron chi connectivity index (χ3n) is 5.71. The molecule has 27 heavy (non-hydrogen) atoms. The van der Waals surface area contributed by atoms with Crippen LogP contribution in [0.1, 0.15) is 25.5 Å². The number of nitrogens with zero attached hydrogens (tertiary/aromatic N) is 3. The van der Waals surface area contributed by atoms with Crippen molar-refractivity contribution in [3.05, 3.63) is 23.8 Å². The average Bonchev–Trinajstić information content (AvgIpc) is 2.82. The minimum atomic E-state index is -2.02. The summed E-state index contributed by atoms with van der Waals surface area (Å²) in [7, 11) is 2.90. The minimum absolute atomic E-state index is 0.289. The molecule has 0 amide bonds. The first-order chi connectivity index (χ1) is 12.8. The summed E-state index contributed by atoms with van der Waals surface area (Å²) in [4.78, 5) is 0. The molecule has 4 atom stereocenters. The highest BCUT2D eigenvalue weighted by Gasteiger charge is 2.78. The van der Waals surface area contributed by atoms with Crippen LogP contribution in [0.15, 0.2) is 18.2 Å². The van der Waals surface area contributed by atoms with Crippen LogP contribution < -0.4 is 9.47 Å². The lowest BCUT2D eigenvalue weighted by Crippen LogP contribution is -2.57. The maximum atomic E-state index is 10.1. The fourth-order valence-corrected chi connectivity index (χ4v) is 4.11. The summed E-state index contributed by atoms with van der Waals surface area (Å²) >= 11 is 0. The topological polar surface area (TPSA) is 132 Å². The van der Waals surface area contributed by atoms with Crippen LogP contribution in [0.4, 0.5) is 0 Å². The Labute approximate surface area is 156 Å². The average molecular weight is 366 g/mol. The minimum Gasteiger partial charge on any atom is -0.493 e. The molecule has 8 heteroatoms. The highest BCUT2D eigenvalue weighted by molar-refractivity contribution is 5.89. The fraction of sp³-hybridized carbons (Fsp3) is 0.474. The first kappa shape index (κ1) is 18.5. The van der Waals surface area contributed by atoms with Crippen LogP contribution in [0.3, 0.4) is 0 Å². The van der Waals surface area contributed by atoms with Crippen molar-refractivity contribution in [3.63, 3.8) is 0 Å². The summed E-state index contributed by atoms with van der Waals surface area (Å²) < 4.78 is 22.4. The Kier molecular flexibility index (Phi) is 4.03. The van der Waals surface area contributed by atoms with Gasteiger partial charge in [0.05, 0.1) is 38.3 Å². The number of para-hydroxylation sites is 1. The Bertz CT molecular complexity index is 926. The highest BCUT2D eigenvalue weighted by atomic mass is 16.7. The Hall–Kier alpha value is -3.28. The molecule has 0 radical (unpaired) electrons. The van der Waals surface area contributed by atoms with E-state index >= 15 is 0 Å². The summed E-state index contributed by atoms with van der Waals surface area (Å²) in [5.74, 6) is -1.82. The van der Waals surface area contributed by atoms with E-state index in [-0.39, 0.29) is 5.75 Å². The van der Waals surface area contributed by atoms with Crippen molar-refractivity contribution in [2.24, 2.45) is 16.7 Å². The predicted octanol–water partition coefficient (Wildman–Crippen LogP) is 2.68. The second-order valence-corrected chi connectivity index (χ2v) is 6.70. The number of benzene rings is 1. The molecule has 1 aromatic carbocycles. The van der Waals surface area contributed by atoms with Crippen molar-refractivity contribution in [3.8, 4) is 29.7 Å². The van der Waals surface area contributed by atoms with Gasteiger partial charge in [-0.15, -0.1) is 0 Å². The monoisotopic (exact) mass is 366 g/mol. The second-order valence-electron chi connectivity index (χ2n) is 6.70. The third kappa shape index (κ3) is 1.95. The van der Waals surface area contributed by atoms with Gasteiger partial charge >= 0.3 is 0 Å². The van der Waals surface area contributed by atoms with E-state index in [0.717, 1.165) is 0 Å². The quantitative estimate of drug-likeness (QED) is 0.869. The molecule has 0 aliphatic carbocycles. The molecule has 0 spiro atoms. The van der Waals surface area contributed by atoms with Crippen LogP contribution in [0.2, 0.25) is 0 Å². The lowest BCUT2D eigenvalue weighted by atomic mass is 9.54. The standard InChI is InChI=1S/C19H18N4O4/c1-11-17(2)26-15(12-6-5-7-13(24-3)14(12)25-4)18(8-20,9-21)19(11,10-22)16(23)27-17/h5-7,11,15,23H,1-4H3/t11-,15+,17-,19-/m0/s1. The van der Waals surface area contributed by atoms with Crippen molar-refractivity contribution >= 4 is 5.90 Å². The zero-order valence-electron chi connectivity index (χ0n) is 15.4. The highest BCUT2D eigenvalue weighted by Crippen LogP contribution is 2.67. The van der Waals surface area contributed by atoms with Gasteiger partial charge < -0.3 is 18.9 Å². The van der Waals surface area contributed by atoms with Crippen molar-refractivity contribution in [1.82, 2.24) is 0 Å². The van der Waals surface area contributed by atoms with Gasteiger partial charge in [-0.25, -0.2) is 0 Å². The Morgan fingerprint density at radius 3 is 2.30 bits per heavy atom. The smallest absolute Gasteiger partial charge is 0.214 e. The van der Waals surface area contributed by atoms with Gasteiger partial charge in [0.15, 0.2) is 16.9 Å². The molecule has 1 N–H and O–H groups in total. The van der Waals surface area contributed by atoms with Crippen LogP contribution >= 0.6 is 0 Å². The summed E-state index contributed by atoms with van der Waals surface area (Å²) in [6.45, 7) is 3.25. The largest absolute Gasteiger partial charge is 0.493 e. The first-order valence-electron chi connectivity index (χ1n) is 8.22. The van der Waals surface area contributed by atoms with E-state index in [2.05, 4.69) is 0 Å². The number of methoxy groups -OCH3 is 2. The van der Waals surface area contributed by atoms with Crippen molar-refractivity contribution in [1.29, 1.82) is 21.2 Å². The molecule has 0 unspecified atom stereocenters. The summed E-state index contributed by atoms with van der Waals surface area (Å²) in [5, 5.41) is 38.5. The van der Waals surface area contributed by atoms with Gasteiger partial charge in [0.25, 0.3) is 0 Å². The maximum Gasteiger partial charge on any atom is 0.214 e. The molecule has 2 aliphatic rings. The van der Waals surface area contributed by atoms with Crippen LogP contribution in [-0.2, 0) is 9.47 Å². The molecule has 2 bridgehead atoms. The van der Waals surface area contributed by atoms with Gasteiger partial charge in [-0.1, -0.05) is 19.1 Å². The Balaban J connectivity index is 2.37. The number of fused-ring (bicyclic) bond motifs is 2. The zero-order valence-corrected chi connectivity index (χ0v) is 15.4. The molecule has 138 valence electrons. The number of nitrogens with one attached hydrogen (secondary N) is 1. The molecular formula is C19H18N4O4. The fourth-order valence-electron chi connectivity index (χ4n) is 4.11. The van der Waals surface area contributed by atoms with Gasteiger partial charge in [-0.05, 0) is 6.07 Å². The van der Waals surface area contributed by atoms with Crippen LogP contribution in [0.5, 0.6) is 11.5 Å². The Morgan fingerprint density at radius 2 is 1.78 bits per heavy atom. The van der Waals surface area contributed by atoms with Gasteiger partial charge in [-0.3, -0.25) is 5.41 Å². The molecule has 2 fully saturated rings. The van der Waals surface area contributed by atoms with Crippen molar-refractivity contribution < 1.29 is 18.9 Å². The maximum absolute atomic E-state index is 10.1. The van der Waals surface area contributed by atoms with Crippen LogP contribution in [-0.4, -0.2) is 25.9 Å². The lowest BCUT2D eigenvalue weighted by molar-refractivity contribution is -0.269. The molecule has 3 rings (SSSR count). The van der Waals surface area contributed by atoms with Gasteiger partial charge in [-0.2, -0.15) is 15.8 Å². The van der Waals surface area contributed by atoms with E-state index in [4.69, 9.17) is 24.4 Å². The molecule has 0 saturated carbocycles. The van der Waals surface area contributed by atoms with Gasteiger partial charge in [0.2, 0.25) is 17.1 Å². The SMILES string of the molecule is COc1cccc([C@H]2O[C@@]3(C)OC(=N)[C@](C#N)([C@H]3C)C2(C#N)C#N)c1OC. The normalized spacial score (nSPS) is 33.1. The predicted molar refractivity (Wildman–Crippen MR) is 91.5 cm³/mol. The zero-order chi connectivity index (χ0) is 20.0. The van der Waals surface area contributed by atoms with E-state index in [0.29, 0.717) is 11.3 Å². The van der Waals surface area contributed by atoms with E-state index < -0.39 is 34.5 Å². The molecule has 0 aromatic heterocycles. The van der Waals surface area contributed by atoms with E-state index in [1.165, 1.54) is 14.2 Å². The molecule has 8 nitrogen and oxygen atoms in total. The van der Waals surface area contributed by atoms with Gasteiger partial charge in [0.1, 0.15) is 6.10 Å². The van der Waals surface area contributed by atoms with Crippen molar-refractivity contribution in [2.75, 3.05) is 14.2 Å². The van der Waals surface area contributed by atoms with Crippen molar-refractivity contribution in [2.45, 2.75) is 25.7 Å². The van der Waals surface area contributed by atoms with E-state index in [1.54, 1.807) is 32.0 Å². The number of ether oxygens (including phenoxy) is 4. The van der Waals surface area contributed by atoms with E-state index in [9.17, 15) is 15.8 Å². The lowest BCUT2D eigenvalue weighted by Gasteiger charge is -2.47. The first-order valence-corrected chi connectivity index (χ1v) is 8.22. The van der Waals surface area contributed by atoms with Crippen LogP contribution in [0.25, 0.3) is 0 Å². The molecular weight excluding hydrogens is 348 g/mol. The second kappa shape index (κ2) is 5.87. The number of hydrogen-bond donors (Lipinski definition) is 1. The number of rotatable bonds is 3. The van der Waals surface area contributed by atoms with E-state index in [1.807, 2.05) is 18.2 Å². The molecule has 2 heterocycles. The van der Waals surface area contributed by atoms with Crippen LogP contribution in [0, 0.1) is 56.2 Å². The third-order valence-corrected chi connectivity index (χ3v) is 5.71. The summed E-state index contributed by atoms with van der Waals surface area (Å²) in [6.07, 6.45) is -1.19.